The van der Waals surface area contributed by atoms with Gasteiger partial charge in [0.05, 0.1) is 6.42 Å². The van der Waals surface area contributed by atoms with Gasteiger partial charge in [-0.25, -0.2) is 9.67 Å². The van der Waals surface area contributed by atoms with Crippen molar-refractivity contribution in [3.8, 4) is 0 Å². The van der Waals surface area contributed by atoms with Crippen LogP contribution >= 0.6 is 0 Å². The van der Waals surface area contributed by atoms with E-state index in [4.69, 9.17) is 0 Å². The quantitative estimate of drug-likeness (QED) is 0.806. The number of carbonyl (C=O) groups is 1. The summed E-state index contributed by atoms with van der Waals surface area (Å²) in [5.74, 6) is 2.13. The van der Waals surface area contributed by atoms with Gasteiger partial charge in [0, 0.05) is 12.5 Å². The molecule has 1 heterocycles. The van der Waals surface area contributed by atoms with Crippen molar-refractivity contribution in [2.45, 2.75) is 58.9 Å². The van der Waals surface area contributed by atoms with Crippen molar-refractivity contribution in [1.82, 2.24) is 14.8 Å². The van der Waals surface area contributed by atoms with Gasteiger partial charge in [0.1, 0.15) is 17.9 Å². The Morgan fingerprint density at radius 3 is 3.06 bits per heavy atom. The maximum atomic E-state index is 12.3. The van der Waals surface area contributed by atoms with Crippen LogP contribution in [0, 0.1) is 11.8 Å². The Morgan fingerprint density at radius 1 is 1.50 bits per heavy atom. The van der Waals surface area contributed by atoms with E-state index in [0.717, 1.165) is 31.6 Å². The minimum Gasteiger partial charge on any atom is -0.299 e. The fourth-order valence-corrected chi connectivity index (χ4v) is 2.85. The third-order valence-corrected chi connectivity index (χ3v) is 3.86. The van der Waals surface area contributed by atoms with E-state index in [2.05, 4.69) is 23.9 Å². The molecule has 0 N–H and O–H groups in total. The summed E-state index contributed by atoms with van der Waals surface area (Å²) in [5.41, 5.74) is 0. The lowest BCUT2D eigenvalue weighted by molar-refractivity contribution is -0.123. The Morgan fingerprint density at radius 2 is 2.33 bits per heavy atom. The van der Waals surface area contributed by atoms with Crippen molar-refractivity contribution in [3.63, 3.8) is 0 Å². The normalized spacial score (nSPS) is 24.1. The van der Waals surface area contributed by atoms with Gasteiger partial charge in [-0.3, -0.25) is 4.79 Å². The van der Waals surface area contributed by atoms with Crippen LogP contribution in [0.5, 0.6) is 0 Å². The Bertz CT molecular complexity index is 399. The van der Waals surface area contributed by atoms with Crippen LogP contribution in [0.2, 0.25) is 0 Å². The molecule has 0 spiro atoms. The first-order chi connectivity index (χ1) is 8.70. The zero-order valence-electron chi connectivity index (χ0n) is 11.4. The molecule has 100 valence electrons. The molecule has 0 radical (unpaired) electrons. The highest BCUT2D eigenvalue weighted by Crippen LogP contribution is 2.29. The summed E-state index contributed by atoms with van der Waals surface area (Å²) >= 11 is 0. The summed E-state index contributed by atoms with van der Waals surface area (Å²) < 4.78 is 1.87. The van der Waals surface area contributed by atoms with Gasteiger partial charge >= 0.3 is 0 Å². The van der Waals surface area contributed by atoms with Crippen LogP contribution in [0.4, 0.5) is 0 Å². The van der Waals surface area contributed by atoms with Crippen molar-refractivity contribution in [3.05, 3.63) is 12.2 Å². The number of hydrogen-bond donors (Lipinski definition) is 0. The molecule has 2 rings (SSSR count). The van der Waals surface area contributed by atoms with Gasteiger partial charge in [0.15, 0.2) is 0 Å². The number of Topliss-reactive ketones (excluding diaryl/α,β-unsaturated/α-hetero) is 1. The Kier molecular flexibility index (Phi) is 4.50. The van der Waals surface area contributed by atoms with E-state index >= 15 is 0 Å². The highest BCUT2D eigenvalue weighted by Gasteiger charge is 2.25. The SMILES string of the molecule is CCCn1ncnc1CC(=O)C1CCCC(C)C1. The maximum absolute atomic E-state index is 12.3. The van der Waals surface area contributed by atoms with E-state index in [-0.39, 0.29) is 5.92 Å². The molecule has 1 aromatic rings. The van der Waals surface area contributed by atoms with E-state index in [1.54, 1.807) is 6.33 Å². The van der Waals surface area contributed by atoms with Crippen molar-refractivity contribution < 1.29 is 4.79 Å². The van der Waals surface area contributed by atoms with Gasteiger partial charge in [-0.15, -0.1) is 0 Å². The number of rotatable bonds is 5. The molecule has 18 heavy (non-hydrogen) atoms. The second kappa shape index (κ2) is 6.12. The first kappa shape index (κ1) is 13.2. The summed E-state index contributed by atoms with van der Waals surface area (Å²) in [6.07, 6.45) is 7.62. The predicted octanol–water partition coefficient (Wildman–Crippen LogP) is 2.63. The minimum atomic E-state index is 0.250. The number of hydrogen-bond acceptors (Lipinski definition) is 3. The zero-order valence-corrected chi connectivity index (χ0v) is 11.4. The molecule has 0 bridgehead atoms. The summed E-state index contributed by atoms with van der Waals surface area (Å²) in [6, 6.07) is 0. The molecule has 1 aromatic heterocycles. The number of aromatic nitrogens is 3. The Balaban J connectivity index is 1.95. The zero-order chi connectivity index (χ0) is 13.0. The fraction of sp³-hybridized carbons (Fsp3) is 0.786. The Labute approximate surface area is 109 Å². The third kappa shape index (κ3) is 3.18. The molecule has 1 fully saturated rings. The average Bonchev–Trinajstić information content (AvgIpc) is 2.77. The standard InChI is InChI=1S/C14H23N3O/c1-3-7-17-14(15-10-16-17)9-13(18)12-6-4-5-11(2)8-12/h10-12H,3-9H2,1-2H3. The summed E-state index contributed by atoms with van der Waals surface area (Å²) in [7, 11) is 0. The molecule has 1 aliphatic rings. The minimum absolute atomic E-state index is 0.250. The summed E-state index contributed by atoms with van der Waals surface area (Å²) in [5, 5.41) is 4.17. The molecule has 1 saturated carbocycles. The van der Waals surface area contributed by atoms with Gasteiger partial charge in [-0.1, -0.05) is 26.7 Å². The van der Waals surface area contributed by atoms with Gasteiger partial charge in [-0.2, -0.15) is 5.10 Å². The first-order valence-corrected chi connectivity index (χ1v) is 7.10. The largest absolute Gasteiger partial charge is 0.299 e. The van der Waals surface area contributed by atoms with E-state index < -0.39 is 0 Å². The van der Waals surface area contributed by atoms with E-state index in [0.29, 0.717) is 18.1 Å². The number of aryl methyl sites for hydroxylation is 1. The lowest BCUT2D eigenvalue weighted by Gasteiger charge is -2.25. The maximum Gasteiger partial charge on any atom is 0.143 e. The van der Waals surface area contributed by atoms with Crippen LogP contribution in [0.3, 0.4) is 0 Å². The van der Waals surface area contributed by atoms with Crippen molar-refractivity contribution in [2.24, 2.45) is 11.8 Å². The third-order valence-electron chi connectivity index (χ3n) is 3.86. The van der Waals surface area contributed by atoms with E-state index in [9.17, 15) is 4.79 Å². The first-order valence-electron chi connectivity index (χ1n) is 7.10. The summed E-state index contributed by atoms with van der Waals surface area (Å²) in [4.78, 5) is 16.5. The monoisotopic (exact) mass is 249 g/mol. The van der Waals surface area contributed by atoms with Crippen LogP contribution in [0.25, 0.3) is 0 Å². The molecule has 0 amide bonds. The van der Waals surface area contributed by atoms with Crippen LogP contribution in [-0.4, -0.2) is 20.5 Å². The average molecular weight is 249 g/mol. The number of carbonyl (C=O) groups excluding carboxylic acids is 1. The summed E-state index contributed by atoms with van der Waals surface area (Å²) in [6.45, 7) is 5.21. The molecule has 0 aliphatic heterocycles. The lowest BCUT2D eigenvalue weighted by Crippen LogP contribution is -2.24. The fourth-order valence-electron chi connectivity index (χ4n) is 2.85. The molecule has 2 atom stereocenters. The lowest BCUT2D eigenvalue weighted by atomic mass is 9.79. The number of nitrogens with zero attached hydrogens (tertiary/aromatic N) is 3. The Hall–Kier alpha value is -1.19. The highest BCUT2D eigenvalue weighted by atomic mass is 16.1. The predicted molar refractivity (Wildman–Crippen MR) is 70.1 cm³/mol. The van der Waals surface area contributed by atoms with Crippen molar-refractivity contribution in [2.75, 3.05) is 0 Å². The smallest absolute Gasteiger partial charge is 0.143 e. The molecular formula is C14H23N3O. The van der Waals surface area contributed by atoms with E-state index in [1.165, 1.54) is 12.8 Å². The molecular weight excluding hydrogens is 226 g/mol. The molecule has 0 saturated heterocycles. The van der Waals surface area contributed by atoms with Gasteiger partial charge in [0.25, 0.3) is 0 Å². The van der Waals surface area contributed by atoms with Crippen LogP contribution in [-0.2, 0) is 17.8 Å². The molecule has 0 aromatic carbocycles. The van der Waals surface area contributed by atoms with Crippen LogP contribution < -0.4 is 0 Å². The van der Waals surface area contributed by atoms with Gasteiger partial charge in [-0.05, 0) is 25.2 Å². The van der Waals surface area contributed by atoms with Gasteiger partial charge < -0.3 is 0 Å². The number of ketones is 1. The molecule has 1 aliphatic carbocycles. The van der Waals surface area contributed by atoms with Crippen molar-refractivity contribution >= 4 is 5.78 Å². The van der Waals surface area contributed by atoms with Crippen molar-refractivity contribution in [1.29, 1.82) is 0 Å². The second-order valence-electron chi connectivity index (χ2n) is 5.51. The van der Waals surface area contributed by atoms with Crippen LogP contribution in [0.15, 0.2) is 6.33 Å². The molecule has 4 heteroatoms. The highest BCUT2D eigenvalue weighted by molar-refractivity contribution is 5.82. The van der Waals surface area contributed by atoms with Crippen LogP contribution in [0.1, 0.15) is 51.8 Å². The van der Waals surface area contributed by atoms with E-state index in [1.807, 2.05) is 4.68 Å². The topological polar surface area (TPSA) is 47.8 Å². The van der Waals surface area contributed by atoms with Gasteiger partial charge in [0.2, 0.25) is 0 Å². The molecule has 4 nitrogen and oxygen atoms in total. The molecule has 2 unspecified atom stereocenters. The second-order valence-corrected chi connectivity index (χ2v) is 5.51.